The molecule has 2 N–H and O–H groups in total. The summed E-state index contributed by atoms with van der Waals surface area (Å²) >= 11 is 8.01. The lowest BCUT2D eigenvalue weighted by molar-refractivity contribution is 0.309. The molecular formula is C14H20ClNS. The van der Waals surface area contributed by atoms with Crippen molar-refractivity contribution in [3.8, 4) is 0 Å². The van der Waals surface area contributed by atoms with Crippen molar-refractivity contribution in [2.45, 2.75) is 43.3 Å². The molecule has 2 unspecified atom stereocenters. The quantitative estimate of drug-likeness (QED) is 0.778. The van der Waals surface area contributed by atoms with Crippen molar-refractivity contribution < 1.29 is 0 Å². The number of nitrogen functional groups attached to an aromatic ring is 1. The van der Waals surface area contributed by atoms with E-state index in [1.807, 2.05) is 23.9 Å². The van der Waals surface area contributed by atoms with Gasteiger partial charge in [-0.2, -0.15) is 0 Å². The second-order valence-corrected chi connectivity index (χ2v) is 7.12. The molecule has 1 saturated carbocycles. The standard InChI is InChI=1S/C14H20ClNS/c1-9-5-10(2)7-12(6-9)17-11-3-4-14(16)13(15)8-11/h3-4,8-10,12H,5-7,16H2,1-2H3. The van der Waals surface area contributed by atoms with Crippen molar-refractivity contribution >= 4 is 29.1 Å². The molecule has 2 atom stereocenters. The van der Waals surface area contributed by atoms with Crippen LogP contribution in [0.2, 0.25) is 5.02 Å². The summed E-state index contributed by atoms with van der Waals surface area (Å²) in [6.45, 7) is 4.72. The minimum Gasteiger partial charge on any atom is -0.398 e. The number of halogens is 1. The summed E-state index contributed by atoms with van der Waals surface area (Å²) in [4.78, 5) is 1.25. The molecule has 0 saturated heterocycles. The number of nitrogens with two attached hydrogens (primary N) is 1. The summed E-state index contributed by atoms with van der Waals surface area (Å²) in [7, 11) is 0. The molecule has 1 nitrogen and oxygen atoms in total. The Balaban J connectivity index is 2.02. The van der Waals surface area contributed by atoms with Gasteiger partial charge in [-0.15, -0.1) is 11.8 Å². The SMILES string of the molecule is CC1CC(C)CC(Sc2ccc(N)c(Cl)c2)C1. The molecule has 17 heavy (non-hydrogen) atoms. The Bertz CT molecular complexity index is 384. The van der Waals surface area contributed by atoms with E-state index >= 15 is 0 Å². The van der Waals surface area contributed by atoms with Crippen LogP contribution in [0, 0.1) is 11.8 Å². The summed E-state index contributed by atoms with van der Waals surface area (Å²) in [5.41, 5.74) is 6.39. The van der Waals surface area contributed by atoms with Crippen LogP contribution in [0.5, 0.6) is 0 Å². The zero-order valence-corrected chi connectivity index (χ0v) is 12.0. The molecule has 0 amide bonds. The highest BCUT2D eigenvalue weighted by atomic mass is 35.5. The third-order valence-corrected chi connectivity index (χ3v) is 4.98. The first-order valence-electron chi connectivity index (χ1n) is 6.26. The van der Waals surface area contributed by atoms with Gasteiger partial charge in [-0.25, -0.2) is 0 Å². The lowest BCUT2D eigenvalue weighted by Gasteiger charge is -2.31. The van der Waals surface area contributed by atoms with Crippen molar-refractivity contribution in [3.63, 3.8) is 0 Å². The molecule has 1 aromatic rings. The normalized spacial score (nSPS) is 29.2. The first-order chi connectivity index (χ1) is 8.04. The Morgan fingerprint density at radius 1 is 1.18 bits per heavy atom. The molecule has 94 valence electrons. The predicted molar refractivity (Wildman–Crippen MR) is 77.7 cm³/mol. The first kappa shape index (κ1) is 13.1. The Morgan fingerprint density at radius 2 is 1.82 bits per heavy atom. The third kappa shape index (κ3) is 3.56. The molecule has 0 bridgehead atoms. The van der Waals surface area contributed by atoms with E-state index in [1.54, 1.807) is 0 Å². The minimum atomic E-state index is 0.668. The second kappa shape index (κ2) is 5.53. The molecule has 2 rings (SSSR count). The van der Waals surface area contributed by atoms with E-state index < -0.39 is 0 Å². The van der Waals surface area contributed by atoms with Gasteiger partial charge in [0.15, 0.2) is 0 Å². The van der Waals surface area contributed by atoms with Gasteiger partial charge in [-0.3, -0.25) is 0 Å². The average Bonchev–Trinajstić information content (AvgIpc) is 2.22. The van der Waals surface area contributed by atoms with Gasteiger partial charge in [0.05, 0.1) is 10.7 Å². The van der Waals surface area contributed by atoms with Crippen LogP contribution < -0.4 is 5.73 Å². The maximum atomic E-state index is 6.05. The molecular weight excluding hydrogens is 250 g/mol. The van der Waals surface area contributed by atoms with Crippen molar-refractivity contribution in [1.29, 1.82) is 0 Å². The Morgan fingerprint density at radius 3 is 2.41 bits per heavy atom. The fraction of sp³-hybridized carbons (Fsp3) is 0.571. The van der Waals surface area contributed by atoms with Crippen LogP contribution in [-0.2, 0) is 0 Å². The summed E-state index contributed by atoms with van der Waals surface area (Å²) in [6, 6.07) is 5.97. The highest BCUT2D eigenvalue weighted by Gasteiger charge is 2.24. The summed E-state index contributed by atoms with van der Waals surface area (Å²) < 4.78 is 0. The zero-order chi connectivity index (χ0) is 12.4. The number of thioether (sulfide) groups is 1. The minimum absolute atomic E-state index is 0.668. The molecule has 0 aliphatic heterocycles. The lowest BCUT2D eigenvalue weighted by atomic mass is 9.83. The fourth-order valence-corrected chi connectivity index (χ4v) is 4.56. The summed E-state index contributed by atoms with van der Waals surface area (Å²) in [6.07, 6.45) is 4.01. The zero-order valence-electron chi connectivity index (χ0n) is 10.4. The van der Waals surface area contributed by atoms with Crippen LogP contribution in [0.1, 0.15) is 33.1 Å². The first-order valence-corrected chi connectivity index (χ1v) is 7.52. The molecule has 0 spiro atoms. The van der Waals surface area contributed by atoms with Crippen molar-refractivity contribution in [2.24, 2.45) is 11.8 Å². The average molecular weight is 270 g/mol. The van der Waals surface area contributed by atoms with E-state index in [0.29, 0.717) is 10.7 Å². The molecule has 0 aromatic heterocycles. The topological polar surface area (TPSA) is 26.0 Å². The van der Waals surface area contributed by atoms with Gasteiger partial charge in [0, 0.05) is 10.1 Å². The van der Waals surface area contributed by atoms with Gasteiger partial charge in [0.2, 0.25) is 0 Å². The summed E-state index contributed by atoms with van der Waals surface area (Å²) in [5, 5.41) is 1.40. The number of hydrogen-bond donors (Lipinski definition) is 1. The molecule has 0 radical (unpaired) electrons. The van der Waals surface area contributed by atoms with E-state index in [9.17, 15) is 0 Å². The van der Waals surface area contributed by atoms with Crippen LogP contribution in [0.25, 0.3) is 0 Å². The molecule has 1 aromatic carbocycles. The monoisotopic (exact) mass is 269 g/mol. The van der Waals surface area contributed by atoms with Crippen LogP contribution >= 0.6 is 23.4 Å². The van der Waals surface area contributed by atoms with Crippen molar-refractivity contribution in [3.05, 3.63) is 23.2 Å². The third-order valence-electron chi connectivity index (χ3n) is 3.41. The maximum absolute atomic E-state index is 6.05. The number of benzene rings is 1. The van der Waals surface area contributed by atoms with Gasteiger partial charge < -0.3 is 5.73 Å². The molecule has 1 fully saturated rings. The van der Waals surface area contributed by atoms with Gasteiger partial charge in [0.1, 0.15) is 0 Å². The Hall–Kier alpha value is -0.340. The van der Waals surface area contributed by atoms with Crippen LogP contribution in [0.15, 0.2) is 23.1 Å². The largest absolute Gasteiger partial charge is 0.398 e. The van der Waals surface area contributed by atoms with E-state index in [-0.39, 0.29) is 0 Å². The number of hydrogen-bond acceptors (Lipinski definition) is 2. The number of anilines is 1. The van der Waals surface area contributed by atoms with Gasteiger partial charge >= 0.3 is 0 Å². The fourth-order valence-electron chi connectivity index (χ4n) is 2.74. The Kier molecular flexibility index (Phi) is 4.26. The van der Waals surface area contributed by atoms with Crippen molar-refractivity contribution in [2.75, 3.05) is 5.73 Å². The second-order valence-electron chi connectivity index (χ2n) is 5.34. The Labute approximate surface area is 113 Å². The van der Waals surface area contributed by atoms with Crippen LogP contribution in [0.3, 0.4) is 0 Å². The van der Waals surface area contributed by atoms with Gasteiger partial charge in [-0.1, -0.05) is 25.4 Å². The lowest BCUT2D eigenvalue weighted by Crippen LogP contribution is -2.21. The van der Waals surface area contributed by atoms with Crippen LogP contribution in [0.4, 0.5) is 5.69 Å². The van der Waals surface area contributed by atoms with E-state index in [4.69, 9.17) is 17.3 Å². The smallest absolute Gasteiger partial charge is 0.0646 e. The number of rotatable bonds is 2. The van der Waals surface area contributed by atoms with Crippen LogP contribution in [-0.4, -0.2) is 5.25 Å². The molecule has 0 heterocycles. The predicted octanol–water partition coefficient (Wildman–Crippen LogP) is 4.84. The highest BCUT2D eigenvalue weighted by molar-refractivity contribution is 8.00. The summed E-state index contributed by atoms with van der Waals surface area (Å²) in [5.74, 6) is 1.70. The van der Waals surface area contributed by atoms with Crippen molar-refractivity contribution in [1.82, 2.24) is 0 Å². The van der Waals surface area contributed by atoms with E-state index in [0.717, 1.165) is 17.1 Å². The highest BCUT2D eigenvalue weighted by Crippen LogP contribution is 2.39. The van der Waals surface area contributed by atoms with E-state index in [2.05, 4.69) is 19.9 Å². The van der Waals surface area contributed by atoms with E-state index in [1.165, 1.54) is 24.2 Å². The van der Waals surface area contributed by atoms with Gasteiger partial charge in [-0.05, 0) is 49.3 Å². The molecule has 3 heteroatoms. The van der Waals surface area contributed by atoms with Gasteiger partial charge in [0.25, 0.3) is 0 Å². The molecule has 1 aliphatic carbocycles. The molecule has 1 aliphatic rings. The maximum Gasteiger partial charge on any atom is 0.0646 e.